The maximum atomic E-state index is 11.0. The average molecular weight is 236 g/mol. The number of hydrogen-bond acceptors (Lipinski definition) is 3. The minimum atomic E-state index is -0.348. The number of nitrogens with zero attached hydrogens (tertiary/aromatic N) is 1. The number of hydrogen-bond donors (Lipinski definition) is 1. The average Bonchev–Trinajstić information content (AvgIpc) is 2.30. The molecule has 0 atom stereocenters. The Bertz CT molecular complexity index is 447. The van der Waals surface area contributed by atoms with Gasteiger partial charge in [0.1, 0.15) is 5.75 Å². The van der Waals surface area contributed by atoms with Gasteiger partial charge in [0.2, 0.25) is 0 Å². The Labute approximate surface area is 98.4 Å². The second-order valence-corrected chi connectivity index (χ2v) is 3.28. The normalized spacial score (nSPS) is 11.7. The number of carbonyl (C=O) groups excluding carboxylic acids is 1. The van der Waals surface area contributed by atoms with Crippen LogP contribution in [0.1, 0.15) is 0 Å². The molecule has 0 aliphatic carbocycles. The van der Waals surface area contributed by atoms with E-state index in [0.29, 0.717) is 5.69 Å². The van der Waals surface area contributed by atoms with E-state index in [-0.39, 0.29) is 16.6 Å². The first-order valence-electron chi connectivity index (χ1n) is 4.49. The number of phenols is 1. The molecule has 1 aromatic rings. The predicted molar refractivity (Wildman–Crippen MR) is 65.4 cm³/mol. The van der Waals surface area contributed by atoms with Gasteiger partial charge in [-0.05, 0) is 36.4 Å². The van der Waals surface area contributed by atoms with Gasteiger partial charge in [-0.25, -0.2) is 0 Å². The monoisotopic (exact) mass is 235 g/mol. The summed E-state index contributed by atoms with van der Waals surface area (Å²) < 4.78 is 0. The van der Waals surface area contributed by atoms with Crippen LogP contribution in [0.15, 0.2) is 53.0 Å². The van der Waals surface area contributed by atoms with Gasteiger partial charge >= 0.3 is 0 Å². The largest absolute Gasteiger partial charge is 0.508 e. The topological polar surface area (TPSA) is 49.7 Å². The van der Waals surface area contributed by atoms with Gasteiger partial charge in [0.15, 0.2) is 5.78 Å². The molecule has 1 aromatic carbocycles. The third-order valence-corrected chi connectivity index (χ3v) is 2.03. The lowest BCUT2D eigenvalue weighted by Gasteiger charge is -1.92. The van der Waals surface area contributed by atoms with Crippen LogP contribution in [0.3, 0.4) is 0 Å². The van der Waals surface area contributed by atoms with Gasteiger partial charge in [-0.1, -0.05) is 18.2 Å². The number of aromatic hydroxyl groups is 1. The summed E-state index contributed by atoms with van der Waals surface area (Å²) in [7, 11) is 0. The third kappa shape index (κ3) is 3.71. The number of allylic oxidation sites excluding steroid dienone is 3. The number of aliphatic imine (C=N–C) groups is 1. The molecule has 0 aromatic heterocycles. The van der Waals surface area contributed by atoms with Gasteiger partial charge in [0.05, 0.1) is 10.7 Å². The molecule has 0 radical (unpaired) electrons. The molecule has 0 aliphatic rings. The van der Waals surface area contributed by atoms with E-state index >= 15 is 0 Å². The maximum Gasteiger partial charge on any atom is 0.196 e. The number of carbonyl (C=O) groups is 1. The molecule has 0 saturated heterocycles. The number of benzene rings is 1. The first-order valence-corrected chi connectivity index (χ1v) is 4.87. The number of halogens is 1. The number of phenolic OH excluding ortho intramolecular Hbond substituents is 1. The zero-order valence-corrected chi connectivity index (χ0v) is 9.19. The molecule has 0 heterocycles. The van der Waals surface area contributed by atoms with E-state index in [1.807, 2.05) is 0 Å². The second-order valence-electron chi connectivity index (χ2n) is 2.88. The van der Waals surface area contributed by atoms with Crippen LogP contribution in [-0.2, 0) is 4.79 Å². The van der Waals surface area contributed by atoms with Crippen LogP contribution in [0, 0.1) is 0 Å². The molecule has 0 fully saturated rings. The van der Waals surface area contributed by atoms with Crippen molar-refractivity contribution < 1.29 is 9.90 Å². The fourth-order valence-electron chi connectivity index (χ4n) is 0.907. The Morgan fingerprint density at radius 2 is 2.00 bits per heavy atom. The SMILES string of the molecule is C=CC(=O)/C(Cl)=C/C=Nc1ccc(O)cc1. The Balaban J connectivity index is 2.71. The molecule has 0 bridgehead atoms. The summed E-state index contributed by atoms with van der Waals surface area (Å²) in [5.74, 6) is -0.173. The fraction of sp³-hybridized carbons (Fsp3) is 0. The van der Waals surface area contributed by atoms with E-state index in [0.717, 1.165) is 6.08 Å². The first-order chi connectivity index (χ1) is 7.63. The van der Waals surface area contributed by atoms with E-state index in [1.54, 1.807) is 12.1 Å². The first kappa shape index (κ1) is 12.2. The molecule has 0 amide bonds. The molecule has 4 heteroatoms. The Kier molecular flexibility index (Phi) is 4.48. The maximum absolute atomic E-state index is 11.0. The van der Waals surface area contributed by atoms with Crippen LogP contribution in [0.4, 0.5) is 5.69 Å². The zero-order chi connectivity index (χ0) is 12.0. The van der Waals surface area contributed by atoms with Gasteiger partial charge in [-0.2, -0.15) is 0 Å². The van der Waals surface area contributed by atoms with Crippen molar-refractivity contribution in [3.63, 3.8) is 0 Å². The molecule has 0 aliphatic heterocycles. The molecule has 16 heavy (non-hydrogen) atoms. The van der Waals surface area contributed by atoms with Crippen molar-refractivity contribution in [3.8, 4) is 5.75 Å². The van der Waals surface area contributed by atoms with E-state index < -0.39 is 0 Å². The summed E-state index contributed by atoms with van der Waals surface area (Å²) in [4.78, 5) is 15.0. The molecule has 3 nitrogen and oxygen atoms in total. The zero-order valence-electron chi connectivity index (χ0n) is 8.43. The van der Waals surface area contributed by atoms with E-state index in [4.69, 9.17) is 16.7 Å². The van der Waals surface area contributed by atoms with Gasteiger partial charge in [0.25, 0.3) is 0 Å². The van der Waals surface area contributed by atoms with Crippen molar-refractivity contribution in [2.24, 2.45) is 4.99 Å². The van der Waals surface area contributed by atoms with Crippen LogP contribution in [0.2, 0.25) is 0 Å². The van der Waals surface area contributed by atoms with Gasteiger partial charge < -0.3 is 5.11 Å². The summed E-state index contributed by atoms with van der Waals surface area (Å²) in [5.41, 5.74) is 0.657. The Hall–Kier alpha value is -1.87. The number of rotatable bonds is 4. The number of ketones is 1. The fourth-order valence-corrected chi connectivity index (χ4v) is 1.04. The van der Waals surface area contributed by atoms with Crippen molar-refractivity contribution >= 4 is 29.3 Å². The molecular weight excluding hydrogens is 226 g/mol. The highest BCUT2D eigenvalue weighted by Crippen LogP contribution is 2.16. The summed E-state index contributed by atoms with van der Waals surface area (Å²) in [6.45, 7) is 3.31. The Morgan fingerprint density at radius 3 is 2.56 bits per heavy atom. The van der Waals surface area contributed by atoms with Crippen molar-refractivity contribution in [1.29, 1.82) is 0 Å². The molecule has 82 valence electrons. The van der Waals surface area contributed by atoms with Crippen molar-refractivity contribution in [2.45, 2.75) is 0 Å². The van der Waals surface area contributed by atoms with E-state index in [1.165, 1.54) is 24.4 Å². The lowest BCUT2D eigenvalue weighted by Crippen LogP contribution is -1.90. The van der Waals surface area contributed by atoms with Crippen LogP contribution < -0.4 is 0 Å². The van der Waals surface area contributed by atoms with E-state index in [2.05, 4.69) is 11.6 Å². The molecule has 0 saturated carbocycles. The van der Waals surface area contributed by atoms with Gasteiger partial charge in [-0.15, -0.1) is 0 Å². The lowest BCUT2D eigenvalue weighted by molar-refractivity contribution is -0.110. The molecule has 0 spiro atoms. The smallest absolute Gasteiger partial charge is 0.196 e. The standard InChI is InChI=1S/C12H10ClNO2/c1-2-12(16)11(13)7-8-14-9-3-5-10(15)6-4-9/h2-8,15H,1H2/b11-7-,14-8?. The molecule has 0 unspecified atom stereocenters. The predicted octanol–water partition coefficient (Wildman–Crippen LogP) is 2.97. The summed E-state index contributed by atoms with van der Waals surface area (Å²) >= 11 is 5.63. The van der Waals surface area contributed by atoms with Crippen molar-refractivity contribution in [2.75, 3.05) is 0 Å². The molecule has 1 N–H and O–H groups in total. The highest BCUT2D eigenvalue weighted by molar-refractivity contribution is 6.45. The quantitative estimate of drug-likeness (QED) is 0.644. The van der Waals surface area contributed by atoms with Crippen LogP contribution in [0.25, 0.3) is 0 Å². The van der Waals surface area contributed by atoms with Crippen LogP contribution >= 0.6 is 11.6 Å². The lowest BCUT2D eigenvalue weighted by atomic mass is 10.3. The van der Waals surface area contributed by atoms with Gasteiger partial charge in [0, 0.05) is 6.21 Å². The second kappa shape index (κ2) is 5.88. The molecular formula is C12H10ClNO2. The summed E-state index contributed by atoms with van der Waals surface area (Å²) in [6.07, 6.45) is 3.93. The van der Waals surface area contributed by atoms with Crippen molar-refractivity contribution in [3.05, 3.63) is 48.0 Å². The van der Waals surface area contributed by atoms with Gasteiger partial charge in [-0.3, -0.25) is 9.79 Å². The minimum absolute atomic E-state index is 0.0533. The third-order valence-electron chi connectivity index (χ3n) is 1.71. The van der Waals surface area contributed by atoms with Crippen molar-refractivity contribution in [1.82, 2.24) is 0 Å². The summed E-state index contributed by atoms with van der Waals surface area (Å²) in [5, 5.41) is 9.09. The highest BCUT2D eigenvalue weighted by atomic mass is 35.5. The molecule has 1 rings (SSSR count). The van der Waals surface area contributed by atoms with Crippen LogP contribution in [0.5, 0.6) is 5.75 Å². The minimum Gasteiger partial charge on any atom is -0.508 e. The Morgan fingerprint density at radius 1 is 1.38 bits per heavy atom. The summed E-state index contributed by atoms with van der Waals surface area (Å²) in [6, 6.07) is 6.32. The van der Waals surface area contributed by atoms with Crippen LogP contribution in [-0.4, -0.2) is 17.1 Å². The van der Waals surface area contributed by atoms with E-state index in [9.17, 15) is 4.79 Å². The highest BCUT2D eigenvalue weighted by Gasteiger charge is 1.98.